The molecule has 6 heteroatoms. The van der Waals surface area contributed by atoms with Crippen molar-refractivity contribution in [1.29, 1.82) is 0 Å². The van der Waals surface area contributed by atoms with Crippen molar-refractivity contribution < 1.29 is 14.4 Å². The van der Waals surface area contributed by atoms with Crippen LogP contribution in [0.1, 0.15) is 46.3 Å². The molecule has 1 aliphatic heterocycles. The van der Waals surface area contributed by atoms with E-state index >= 15 is 0 Å². The fourth-order valence-corrected chi connectivity index (χ4v) is 2.46. The number of likely N-dealkylation sites (tertiary alicyclic amines) is 1. The zero-order valence-corrected chi connectivity index (χ0v) is 13.2. The number of aliphatic hydroxyl groups excluding tert-OH is 1. The van der Waals surface area contributed by atoms with Crippen LogP contribution in [-0.4, -0.2) is 40.4 Å². The van der Waals surface area contributed by atoms with E-state index in [1.54, 1.807) is 17.9 Å². The molecule has 2 N–H and O–H groups in total. The van der Waals surface area contributed by atoms with Gasteiger partial charge in [-0.05, 0) is 19.8 Å². The lowest BCUT2D eigenvalue weighted by atomic mass is 9.93. The summed E-state index contributed by atoms with van der Waals surface area (Å²) in [6.45, 7) is 9.14. The number of aromatic nitrogens is 1. The SMILES string of the molecule is CC(O)C1CCCN(C(=O)Nc2cc(C(C)(C)C)on2)C1. The molecule has 118 valence electrons. The summed E-state index contributed by atoms with van der Waals surface area (Å²) in [7, 11) is 0. The second-order valence-electron chi connectivity index (χ2n) is 6.85. The molecular weight excluding hydrogens is 270 g/mol. The van der Waals surface area contributed by atoms with Crippen molar-refractivity contribution in [2.45, 2.75) is 52.1 Å². The molecular formula is C15H25N3O3. The molecule has 1 fully saturated rings. The fraction of sp³-hybridized carbons (Fsp3) is 0.733. The first-order valence-corrected chi connectivity index (χ1v) is 7.48. The maximum Gasteiger partial charge on any atom is 0.323 e. The van der Waals surface area contributed by atoms with E-state index in [1.165, 1.54) is 0 Å². The average Bonchev–Trinajstić information content (AvgIpc) is 2.87. The van der Waals surface area contributed by atoms with Crippen molar-refractivity contribution in [1.82, 2.24) is 10.1 Å². The van der Waals surface area contributed by atoms with Gasteiger partial charge in [-0.25, -0.2) is 4.79 Å². The predicted molar refractivity (Wildman–Crippen MR) is 80.2 cm³/mol. The number of nitrogens with zero attached hydrogens (tertiary/aromatic N) is 2. The van der Waals surface area contributed by atoms with Crippen LogP contribution in [0, 0.1) is 5.92 Å². The largest absolute Gasteiger partial charge is 0.393 e. The zero-order chi connectivity index (χ0) is 15.6. The van der Waals surface area contributed by atoms with Gasteiger partial charge in [-0.15, -0.1) is 0 Å². The standard InChI is InChI=1S/C15H25N3O3/c1-10(19)11-6-5-7-18(9-11)14(20)16-13-8-12(21-17-13)15(2,3)4/h8,10-11,19H,5-7,9H2,1-4H3,(H,16,17,20). The Kier molecular flexibility index (Phi) is 4.56. The highest BCUT2D eigenvalue weighted by Gasteiger charge is 2.27. The number of amides is 2. The van der Waals surface area contributed by atoms with Crippen LogP contribution in [0.2, 0.25) is 0 Å². The Morgan fingerprint density at radius 3 is 2.86 bits per heavy atom. The summed E-state index contributed by atoms with van der Waals surface area (Å²) in [6.07, 6.45) is 1.48. The molecule has 1 aliphatic rings. The molecule has 2 atom stereocenters. The molecule has 2 unspecified atom stereocenters. The number of hydrogen-bond donors (Lipinski definition) is 2. The van der Waals surface area contributed by atoms with E-state index in [1.807, 2.05) is 20.8 Å². The molecule has 0 saturated carbocycles. The van der Waals surface area contributed by atoms with Crippen LogP contribution in [0.25, 0.3) is 0 Å². The van der Waals surface area contributed by atoms with Crippen molar-refractivity contribution in [3.05, 3.63) is 11.8 Å². The molecule has 0 spiro atoms. The van der Waals surface area contributed by atoms with Crippen LogP contribution < -0.4 is 5.32 Å². The maximum atomic E-state index is 12.2. The third-order valence-electron chi connectivity index (χ3n) is 3.91. The minimum absolute atomic E-state index is 0.140. The number of hydrogen-bond acceptors (Lipinski definition) is 4. The number of carbonyl (C=O) groups excluding carboxylic acids is 1. The van der Waals surface area contributed by atoms with Gasteiger partial charge in [0.2, 0.25) is 0 Å². The normalized spacial score (nSPS) is 21.2. The van der Waals surface area contributed by atoms with Gasteiger partial charge < -0.3 is 14.5 Å². The van der Waals surface area contributed by atoms with Crippen LogP contribution in [0.4, 0.5) is 10.6 Å². The number of urea groups is 1. The Balaban J connectivity index is 1.96. The summed E-state index contributed by atoms with van der Waals surface area (Å²) in [4.78, 5) is 14.0. The minimum atomic E-state index is -0.389. The first-order valence-electron chi connectivity index (χ1n) is 7.48. The molecule has 1 aromatic rings. The second-order valence-corrected chi connectivity index (χ2v) is 6.85. The second kappa shape index (κ2) is 6.05. The van der Waals surface area contributed by atoms with Crippen LogP contribution in [-0.2, 0) is 5.41 Å². The molecule has 1 saturated heterocycles. The summed E-state index contributed by atoms with van der Waals surface area (Å²) in [6, 6.07) is 1.57. The molecule has 2 amide bonds. The lowest BCUT2D eigenvalue weighted by Gasteiger charge is -2.33. The van der Waals surface area contributed by atoms with Gasteiger partial charge in [0, 0.05) is 30.5 Å². The van der Waals surface area contributed by atoms with Gasteiger partial charge in [-0.3, -0.25) is 5.32 Å². The minimum Gasteiger partial charge on any atom is -0.393 e. The molecule has 6 nitrogen and oxygen atoms in total. The smallest absolute Gasteiger partial charge is 0.323 e. The molecule has 21 heavy (non-hydrogen) atoms. The Morgan fingerprint density at radius 2 is 2.29 bits per heavy atom. The maximum absolute atomic E-state index is 12.2. The first kappa shape index (κ1) is 15.8. The van der Waals surface area contributed by atoms with Crippen LogP contribution >= 0.6 is 0 Å². The Morgan fingerprint density at radius 1 is 1.57 bits per heavy atom. The van der Waals surface area contributed by atoms with E-state index in [-0.39, 0.29) is 23.5 Å². The van der Waals surface area contributed by atoms with Gasteiger partial charge in [-0.1, -0.05) is 25.9 Å². The van der Waals surface area contributed by atoms with E-state index in [9.17, 15) is 9.90 Å². The number of carbonyl (C=O) groups is 1. The van der Waals surface area contributed by atoms with E-state index in [0.29, 0.717) is 18.9 Å². The summed E-state index contributed by atoms with van der Waals surface area (Å²) < 4.78 is 5.25. The summed E-state index contributed by atoms with van der Waals surface area (Å²) in [5.41, 5.74) is -0.140. The lowest BCUT2D eigenvalue weighted by Crippen LogP contribution is -2.44. The molecule has 0 aliphatic carbocycles. The lowest BCUT2D eigenvalue weighted by molar-refractivity contribution is 0.0765. The highest BCUT2D eigenvalue weighted by molar-refractivity contribution is 5.88. The zero-order valence-electron chi connectivity index (χ0n) is 13.2. The molecule has 0 radical (unpaired) electrons. The van der Waals surface area contributed by atoms with E-state index in [4.69, 9.17) is 4.52 Å². The Hall–Kier alpha value is -1.56. The Labute approximate surface area is 125 Å². The van der Waals surface area contributed by atoms with E-state index in [0.717, 1.165) is 18.6 Å². The van der Waals surface area contributed by atoms with Crippen LogP contribution in [0.15, 0.2) is 10.6 Å². The van der Waals surface area contributed by atoms with Gasteiger partial charge in [0.1, 0.15) is 5.76 Å². The van der Waals surface area contributed by atoms with Crippen molar-refractivity contribution >= 4 is 11.8 Å². The molecule has 0 aromatic carbocycles. The van der Waals surface area contributed by atoms with Crippen LogP contribution in [0.3, 0.4) is 0 Å². The highest BCUT2D eigenvalue weighted by Crippen LogP contribution is 2.25. The van der Waals surface area contributed by atoms with Crippen molar-refractivity contribution in [3.63, 3.8) is 0 Å². The molecule has 2 heterocycles. The van der Waals surface area contributed by atoms with E-state index < -0.39 is 0 Å². The molecule has 2 rings (SSSR count). The summed E-state index contributed by atoms with van der Waals surface area (Å²) in [5, 5.41) is 16.3. The van der Waals surface area contributed by atoms with Crippen molar-refractivity contribution in [3.8, 4) is 0 Å². The Bertz CT molecular complexity index is 491. The monoisotopic (exact) mass is 295 g/mol. The molecule has 0 bridgehead atoms. The van der Waals surface area contributed by atoms with Crippen molar-refractivity contribution in [2.75, 3.05) is 18.4 Å². The number of aliphatic hydroxyl groups is 1. The third kappa shape index (κ3) is 3.97. The predicted octanol–water partition coefficient (Wildman–Crippen LogP) is 2.60. The third-order valence-corrected chi connectivity index (χ3v) is 3.91. The van der Waals surface area contributed by atoms with E-state index in [2.05, 4.69) is 10.5 Å². The number of anilines is 1. The quantitative estimate of drug-likeness (QED) is 0.879. The fourth-order valence-electron chi connectivity index (χ4n) is 2.46. The van der Waals surface area contributed by atoms with Gasteiger partial charge in [-0.2, -0.15) is 0 Å². The van der Waals surface area contributed by atoms with Crippen molar-refractivity contribution in [2.24, 2.45) is 5.92 Å². The number of rotatable bonds is 2. The molecule has 1 aromatic heterocycles. The number of nitrogens with one attached hydrogen (secondary N) is 1. The topological polar surface area (TPSA) is 78.6 Å². The van der Waals surface area contributed by atoms with Gasteiger partial charge in [0.05, 0.1) is 6.10 Å². The van der Waals surface area contributed by atoms with Gasteiger partial charge >= 0.3 is 6.03 Å². The summed E-state index contributed by atoms with van der Waals surface area (Å²) in [5.74, 6) is 1.31. The average molecular weight is 295 g/mol. The number of piperidine rings is 1. The van der Waals surface area contributed by atoms with Gasteiger partial charge in [0.25, 0.3) is 0 Å². The van der Waals surface area contributed by atoms with Gasteiger partial charge in [0.15, 0.2) is 5.82 Å². The first-order chi connectivity index (χ1) is 9.77. The van der Waals surface area contributed by atoms with Crippen LogP contribution in [0.5, 0.6) is 0 Å². The summed E-state index contributed by atoms with van der Waals surface area (Å²) >= 11 is 0. The highest BCUT2D eigenvalue weighted by atomic mass is 16.5.